The Morgan fingerprint density at radius 2 is 1.80 bits per heavy atom. The van der Waals surface area contributed by atoms with Gasteiger partial charge in [-0.3, -0.25) is 0 Å². The minimum atomic E-state index is -0.599. The van der Waals surface area contributed by atoms with E-state index in [2.05, 4.69) is 24.3 Å². The molecule has 0 saturated heterocycles. The van der Waals surface area contributed by atoms with Gasteiger partial charge in [0.15, 0.2) is 0 Å². The monoisotopic (exact) mass is 209 g/mol. The number of hydrogen-bond acceptors (Lipinski definition) is 3. The first-order valence-corrected chi connectivity index (χ1v) is 5.18. The maximum atomic E-state index is 9.20. The zero-order valence-corrected chi connectivity index (χ0v) is 9.35. The zero-order chi connectivity index (χ0) is 11.3. The standard InChI is InChI=1S/C12H19NO2/c1-13(2)11-6-3-10(4-7-11)5-8-12(15)9-14/h3-4,6-7,12,14-15H,5,8-9H2,1-2H3. The predicted octanol–water partition coefficient (Wildman–Crippen LogP) is 1.04. The van der Waals surface area contributed by atoms with E-state index in [0.717, 1.165) is 6.42 Å². The topological polar surface area (TPSA) is 43.7 Å². The van der Waals surface area contributed by atoms with E-state index >= 15 is 0 Å². The Hall–Kier alpha value is -1.06. The van der Waals surface area contributed by atoms with Crippen LogP contribution >= 0.6 is 0 Å². The number of hydrogen-bond donors (Lipinski definition) is 2. The molecule has 3 heteroatoms. The van der Waals surface area contributed by atoms with Crippen molar-refractivity contribution < 1.29 is 10.2 Å². The van der Waals surface area contributed by atoms with Crippen molar-refractivity contribution in [2.75, 3.05) is 25.6 Å². The maximum Gasteiger partial charge on any atom is 0.0774 e. The minimum Gasteiger partial charge on any atom is -0.394 e. The van der Waals surface area contributed by atoms with Gasteiger partial charge in [0.1, 0.15) is 0 Å². The first-order valence-electron chi connectivity index (χ1n) is 5.18. The Kier molecular flexibility index (Phi) is 4.59. The van der Waals surface area contributed by atoms with Gasteiger partial charge in [0.25, 0.3) is 0 Å². The van der Waals surface area contributed by atoms with Gasteiger partial charge in [-0.25, -0.2) is 0 Å². The fraction of sp³-hybridized carbons (Fsp3) is 0.500. The van der Waals surface area contributed by atoms with Gasteiger partial charge < -0.3 is 15.1 Å². The molecule has 1 aromatic rings. The molecule has 0 spiro atoms. The molecule has 0 bridgehead atoms. The van der Waals surface area contributed by atoms with Crippen molar-refractivity contribution in [2.24, 2.45) is 0 Å². The second-order valence-corrected chi connectivity index (χ2v) is 3.94. The van der Waals surface area contributed by atoms with Gasteiger partial charge in [0, 0.05) is 19.8 Å². The van der Waals surface area contributed by atoms with Gasteiger partial charge in [-0.15, -0.1) is 0 Å². The Labute approximate surface area is 91.0 Å². The molecule has 84 valence electrons. The molecule has 0 amide bonds. The lowest BCUT2D eigenvalue weighted by molar-refractivity contribution is 0.0886. The van der Waals surface area contributed by atoms with E-state index in [4.69, 9.17) is 5.11 Å². The third-order valence-electron chi connectivity index (χ3n) is 2.43. The zero-order valence-electron chi connectivity index (χ0n) is 9.35. The number of rotatable bonds is 5. The van der Waals surface area contributed by atoms with Crippen molar-refractivity contribution in [3.05, 3.63) is 29.8 Å². The summed E-state index contributed by atoms with van der Waals surface area (Å²) in [5, 5.41) is 17.9. The summed E-state index contributed by atoms with van der Waals surface area (Å²) in [5.74, 6) is 0. The van der Waals surface area contributed by atoms with Crippen molar-refractivity contribution in [1.82, 2.24) is 0 Å². The van der Waals surface area contributed by atoms with Gasteiger partial charge in [0.2, 0.25) is 0 Å². The highest BCUT2D eigenvalue weighted by atomic mass is 16.3. The highest BCUT2D eigenvalue weighted by Crippen LogP contribution is 2.13. The Balaban J connectivity index is 2.50. The van der Waals surface area contributed by atoms with Crippen LogP contribution in [0, 0.1) is 0 Å². The second-order valence-electron chi connectivity index (χ2n) is 3.94. The lowest BCUT2D eigenvalue weighted by Crippen LogP contribution is -2.12. The number of aliphatic hydroxyl groups excluding tert-OH is 2. The Morgan fingerprint density at radius 3 is 2.27 bits per heavy atom. The van der Waals surface area contributed by atoms with Crippen molar-refractivity contribution in [2.45, 2.75) is 18.9 Å². The lowest BCUT2D eigenvalue weighted by Gasteiger charge is -2.13. The first kappa shape index (κ1) is 12.0. The molecule has 2 N–H and O–H groups in total. The van der Waals surface area contributed by atoms with Crippen LogP contribution in [-0.4, -0.2) is 37.0 Å². The van der Waals surface area contributed by atoms with Crippen LogP contribution in [0.15, 0.2) is 24.3 Å². The van der Waals surface area contributed by atoms with Gasteiger partial charge in [-0.2, -0.15) is 0 Å². The summed E-state index contributed by atoms with van der Waals surface area (Å²) in [6, 6.07) is 8.22. The fourth-order valence-electron chi connectivity index (χ4n) is 1.39. The molecule has 0 saturated carbocycles. The fourth-order valence-corrected chi connectivity index (χ4v) is 1.39. The van der Waals surface area contributed by atoms with Gasteiger partial charge in [0.05, 0.1) is 12.7 Å². The van der Waals surface area contributed by atoms with Crippen LogP contribution in [0.2, 0.25) is 0 Å². The minimum absolute atomic E-state index is 0.157. The van der Waals surface area contributed by atoms with E-state index in [1.807, 2.05) is 19.0 Å². The van der Waals surface area contributed by atoms with Crippen LogP contribution in [-0.2, 0) is 6.42 Å². The number of anilines is 1. The third-order valence-corrected chi connectivity index (χ3v) is 2.43. The summed E-state index contributed by atoms with van der Waals surface area (Å²) < 4.78 is 0. The van der Waals surface area contributed by atoms with Gasteiger partial charge in [-0.05, 0) is 30.5 Å². The van der Waals surface area contributed by atoms with Gasteiger partial charge in [-0.1, -0.05) is 12.1 Å². The molecule has 0 aliphatic carbocycles. The molecule has 1 aromatic carbocycles. The average molecular weight is 209 g/mol. The van der Waals surface area contributed by atoms with Crippen molar-refractivity contribution in [3.8, 4) is 0 Å². The van der Waals surface area contributed by atoms with Crippen molar-refractivity contribution >= 4 is 5.69 Å². The number of nitrogens with zero attached hydrogens (tertiary/aromatic N) is 1. The quantitative estimate of drug-likeness (QED) is 0.761. The molecule has 3 nitrogen and oxygen atoms in total. The number of aliphatic hydroxyl groups is 2. The smallest absolute Gasteiger partial charge is 0.0774 e. The Morgan fingerprint density at radius 1 is 1.20 bits per heavy atom. The molecule has 1 unspecified atom stereocenters. The van der Waals surface area contributed by atoms with E-state index in [-0.39, 0.29) is 6.61 Å². The maximum absolute atomic E-state index is 9.20. The van der Waals surface area contributed by atoms with E-state index in [0.29, 0.717) is 6.42 Å². The second kappa shape index (κ2) is 5.73. The van der Waals surface area contributed by atoms with Crippen LogP contribution in [0.25, 0.3) is 0 Å². The normalized spacial score (nSPS) is 12.5. The molecule has 1 atom stereocenters. The molecule has 0 aliphatic heterocycles. The summed E-state index contributed by atoms with van der Waals surface area (Å²) in [5.41, 5.74) is 2.36. The molecule has 0 aliphatic rings. The van der Waals surface area contributed by atoms with Crippen LogP contribution in [0.5, 0.6) is 0 Å². The van der Waals surface area contributed by atoms with Crippen LogP contribution < -0.4 is 4.90 Å². The molecule has 15 heavy (non-hydrogen) atoms. The van der Waals surface area contributed by atoms with E-state index < -0.39 is 6.10 Å². The molecule has 0 fully saturated rings. The van der Waals surface area contributed by atoms with Gasteiger partial charge >= 0.3 is 0 Å². The van der Waals surface area contributed by atoms with Crippen molar-refractivity contribution in [1.29, 1.82) is 0 Å². The lowest BCUT2D eigenvalue weighted by atomic mass is 10.1. The predicted molar refractivity (Wildman–Crippen MR) is 62.2 cm³/mol. The summed E-state index contributed by atoms with van der Waals surface area (Å²) in [6.07, 6.45) is 0.811. The molecule has 0 aromatic heterocycles. The number of benzene rings is 1. The van der Waals surface area contributed by atoms with E-state index in [9.17, 15) is 5.11 Å². The molecular weight excluding hydrogens is 190 g/mol. The Bertz CT molecular complexity index is 282. The summed E-state index contributed by atoms with van der Waals surface area (Å²) in [6.45, 7) is -0.157. The van der Waals surface area contributed by atoms with Crippen LogP contribution in [0.1, 0.15) is 12.0 Å². The largest absolute Gasteiger partial charge is 0.394 e. The molecular formula is C12H19NO2. The van der Waals surface area contributed by atoms with Crippen LogP contribution in [0.4, 0.5) is 5.69 Å². The average Bonchev–Trinajstić information content (AvgIpc) is 2.26. The third kappa shape index (κ3) is 3.90. The SMILES string of the molecule is CN(C)c1ccc(CCC(O)CO)cc1. The van der Waals surface area contributed by atoms with Crippen molar-refractivity contribution in [3.63, 3.8) is 0 Å². The van der Waals surface area contributed by atoms with E-state index in [1.165, 1.54) is 11.3 Å². The van der Waals surface area contributed by atoms with Crippen LogP contribution in [0.3, 0.4) is 0 Å². The highest BCUT2D eigenvalue weighted by Gasteiger charge is 2.02. The molecule has 0 radical (unpaired) electrons. The molecule has 1 rings (SSSR count). The summed E-state index contributed by atoms with van der Waals surface area (Å²) in [7, 11) is 4.01. The summed E-state index contributed by atoms with van der Waals surface area (Å²) in [4.78, 5) is 2.05. The van der Waals surface area contributed by atoms with E-state index in [1.54, 1.807) is 0 Å². The number of aryl methyl sites for hydroxylation is 1. The molecule has 0 heterocycles. The summed E-state index contributed by atoms with van der Waals surface area (Å²) >= 11 is 0. The highest BCUT2D eigenvalue weighted by molar-refractivity contribution is 5.45. The first-order chi connectivity index (χ1) is 7.13.